The normalized spacial score (nSPS) is 30.5. The van der Waals surface area contributed by atoms with E-state index >= 15 is 0 Å². The predicted molar refractivity (Wildman–Crippen MR) is 58.6 cm³/mol. The number of morpholine rings is 1. The first-order valence-electron chi connectivity index (χ1n) is 6.03. The fraction of sp³-hybridized carbons (Fsp3) is 0.917. The summed E-state index contributed by atoms with van der Waals surface area (Å²) in [6.45, 7) is 6.41. The van der Waals surface area contributed by atoms with Crippen molar-refractivity contribution in [2.45, 2.75) is 45.6 Å². The summed E-state index contributed by atoms with van der Waals surface area (Å²) in [5.41, 5.74) is -0.0724. The molecule has 0 N–H and O–H groups in total. The molecule has 0 radical (unpaired) electrons. The molecule has 2 aliphatic rings. The maximum Gasteiger partial charge on any atom is 0.228 e. The fourth-order valence-electron chi connectivity index (χ4n) is 2.75. The molecular weight excluding hydrogens is 190 g/mol. The van der Waals surface area contributed by atoms with Gasteiger partial charge >= 0.3 is 0 Å². The molecule has 86 valence electrons. The Kier molecular flexibility index (Phi) is 3.01. The maximum atomic E-state index is 12.3. The minimum atomic E-state index is -0.0724. The average Bonchev–Trinajstić information content (AvgIpc) is 2.65. The minimum absolute atomic E-state index is 0.0724. The van der Waals surface area contributed by atoms with Crippen LogP contribution in [0.15, 0.2) is 0 Å². The number of hydrogen-bond donors (Lipinski definition) is 0. The molecule has 1 heterocycles. The molecule has 3 heteroatoms. The van der Waals surface area contributed by atoms with Crippen LogP contribution >= 0.6 is 0 Å². The van der Waals surface area contributed by atoms with Crippen LogP contribution < -0.4 is 0 Å². The third-order valence-electron chi connectivity index (χ3n) is 3.75. The Morgan fingerprint density at radius 2 is 2.07 bits per heavy atom. The van der Waals surface area contributed by atoms with E-state index in [4.69, 9.17) is 4.74 Å². The first-order valence-corrected chi connectivity index (χ1v) is 6.03. The molecule has 1 unspecified atom stereocenters. The quantitative estimate of drug-likeness (QED) is 0.662. The van der Waals surface area contributed by atoms with E-state index in [2.05, 4.69) is 6.92 Å². The van der Waals surface area contributed by atoms with Gasteiger partial charge < -0.3 is 9.64 Å². The molecule has 0 bridgehead atoms. The molecule has 1 saturated carbocycles. The summed E-state index contributed by atoms with van der Waals surface area (Å²) >= 11 is 0. The highest BCUT2D eigenvalue weighted by Gasteiger charge is 2.39. The number of amides is 1. The molecule has 2 rings (SSSR count). The van der Waals surface area contributed by atoms with Crippen molar-refractivity contribution in [3.63, 3.8) is 0 Å². The zero-order chi connectivity index (χ0) is 10.9. The third kappa shape index (κ3) is 2.17. The molecule has 0 spiro atoms. The van der Waals surface area contributed by atoms with Crippen molar-refractivity contribution in [2.24, 2.45) is 5.41 Å². The summed E-state index contributed by atoms with van der Waals surface area (Å²) < 4.78 is 5.46. The molecule has 3 nitrogen and oxygen atoms in total. The number of carbonyl (C=O) groups excluding carboxylic acids is 1. The van der Waals surface area contributed by atoms with Crippen LogP contribution in [0, 0.1) is 5.41 Å². The van der Waals surface area contributed by atoms with Gasteiger partial charge in [-0.2, -0.15) is 0 Å². The Morgan fingerprint density at radius 3 is 2.67 bits per heavy atom. The van der Waals surface area contributed by atoms with Gasteiger partial charge in [-0.1, -0.05) is 19.8 Å². The number of ether oxygens (including phenoxy) is 1. The monoisotopic (exact) mass is 211 g/mol. The molecule has 1 aliphatic carbocycles. The topological polar surface area (TPSA) is 29.5 Å². The van der Waals surface area contributed by atoms with Gasteiger partial charge in [-0.25, -0.2) is 0 Å². The van der Waals surface area contributed by atoms with Crippen LogP contribution in [-0.4, -0.2) is 36.6 Å². The number of rotatable bonds is 1. The molecule has 1 saturated heterocycles. The van der Waals surface area contributed by atoms with Crippen molar-refractivity contribution in [3.8, 4) is 0 Å². The zero-order valence-electron chi connectivity index (χ0n) is 9.79. The third-order valence-corrected chi connectivity index (χ3v) is 3.75. The standard InChI is InChI=1S/C12H21NO2/c1-10-9-13(7-8-15-10)11(14)12(2)5-3-4-6-12/h10H,3-9H2,1-2H3. The van der Waals surface area contributed by atoms with Crippen LogP contribution in [0.4, 0.5) is 0 Å². The Balaban J connectivity index is 2.00. The van der Waals surface area contributed by atoms with E-state index in [1.54, 1.807) is 0 Å². The van der Waals surface area contributed by atoms with Gasteiger partial charge in [0.05, 0.1) is 12.7 Å². The lowest BCUT2D eigenvalue weighted by molar-refractivity contribution is -0.147. The van der Waals surface area contributed by atoms with Gasteiger partial charge in [-0.15, -0.1) is 0 Å². The Bertz CT molecular complexity index is 246. The first kappa shape index (κ1) is 10.9. The lowest BCUT2D eigenvalue weighted by atomic mass is 9.87. The Morgan fingerprint density at radius 1 is 1.40 bits per heavy atom. The molecule has 1 amide bonds. The molecule has 0 aromatic rings. The van der Waals surface area contributed by atoms with E-state index in [-0.39, 0.29) is 11.5 Å². The zero-order valence-corrected chi connectivity index (χ0v) is 9.79. The summed E-state index contributed by atoms with van der Waals surface area (Å²) in [4.78, 5) is 14.3. The van der Waals surface area contributed by atoms with Crippen molar-refractivity contribution in [2.75, 3.05) is 19.7 Å². The van der Waals surface area contributed by atoms with Crippen molar-refractivity contribution in [1.82, 2.24) is 4.90 Å². The molecule has 1 atom stereocenters. The molecule has 15 heavy (non-hydrogen) atoms. The van der Waals surface area contributed by atoms with Gasteiger partial charge in [0.1, 0.15) is 0 Å². The summed E-state index contributed by atoms with van der Waals surface area (Å²) in [6.07, 6.45) is 4.76. The predicted octanol–water partition coefficient (Wildman–Crippen LogP) is 1.81. The second-order valence-electron chi connectivity index (χ2n) is 5.20. The number of carbonyl (C=O) groups is 1. The van der Waals surface area contributed by atoms with E-state index in [1.165, 1.54) is 12.8 Å². The largest absolute Gasteiger partial charge is 0.375 e. The highest BCUT2D eigenvalue weighted by molar-refractivity contribution is 5.82. The van der Waals surface area contributed by atoms with E-state index in [0.717, 1.165) is 25.9 Å². The maximum absolute atomic E-state index is 12.3. The summed E-state index contributed by atoms with van der Waals surface area (Å²) in [6, 6.07) is 0. The van der Waals surface area contributed by atoms with E-state index < -0.39 is 0 Å². The SMILES string of the molecule is CC1CN(C(=O)C2(C)CCCC2)CCO1. The van der Waals surface area contributed by atoms with Crippen LogP contribution in [-0.2, 0) is 9.53 Å². The van der Waals surface area contributed by atoms with E-state index in [1.807, 2.05) is 11.8 Å². The van der Waals surface area contributed by atoms with Crippen molar-refractivity contribution >= 4 is 5.91 Å². The van der Waals surface area contributed by atoms with Gasteiger partial charge in [0, 0.05) is 18.5 Å². The molecule has 2 fully saturated rings. The smallest absolute Gasteiger partial charge is 0.228 e. The van der Waals surface area contributed by atoms with Gasteiger partial charge in [-0.3, -0.25) is 4.79 Å². The molecule has 0 aromatic heterocycles. The van der Waals surface area contributed by atoms with Gasteiger partial charge in [0.15, 0.2) is 0 Å². The average molecular weight is 211 g/mol. The second-order valence-corrected chi connectivity index (χ2v) is 5.20. The summed E-state index contributed by atoms with van der Waals surface area (Å²) in [5, 5.41) is 0. The van der Waals surface area contributed by atoms with Crippen molar-refractivity contribution < 1.29 is 9.53 Å². The molecule has 1 aliphatic heterocycles. The Hall–Kier alpha value is -0.570. The highest BCUT2D eigenvalue weighted by Crippen LogP contribution is 2.39. The van der Waals surface area contributed by atoms with Crippen molar-refractivity contribution in [1.29, 1.82) is 0 Å². The van der Waals surface area contributed by atoms with Crippen LogP contribution in [0.5, 0.6) is 0 Å². The van der Waals surface area contributed by atoms with Gasteiger partial charge in [-0.05, 0) is 19.8 Å². The van der Waals surface area contributed by atoms with Gasteiger partial charge in [0.2, 0.25) is 5.91 Å². The lowest BCUT2D eigenvalue weighted by Crippen LogP contribution is -2.49. The summed E-state index contributed by atoms with van der Waals surface area (Å²) in [7, 11) is 0. The lowest BCUT2D eigenvalue weighted by Gasteiger charge is -2.36. The van der Waals surface area contributed by atoms with E-state index in [9.17, 15) is 4.79 Å². The second kappa shape index (κ2) is 4.12. The Labute approximate surface area is 91.8 Å². The summed E-state index contributed by atoms with van der Waals surface area (Å²) in [5.74, 6) is 0.357. The van der Waals surface area contributed by atoms with Crippen molar-refractivity contribution in [3.05, 3.63) is 0 Å². The fourth-order valence-corrected chi connectivity index (χ4v) is 2.75. The van der Waals surface area contributed by atoms with Crippen LogP contribution in [0.1, 0.15) is 39.5 Å². The van der Waals surface area contributed by atoms with Crippen LogP contribution in [0.2, 0.25) is 0 Å². The van der Waals surface area contributed by atoms with Crippen LogP contribution in [0.3, 0.4) is 0 Å². The van der Waals surface area contributed by atoms with Crippen LogP contribution in [0.25, 0.3) is 0 Å². The minimum Gasteiger partial charge on any atom is -0.375 e. The highest BCUT2D eigenvalue weighted by atomic mass is 16.5. The first-order chi connectivity index (χ1) is 7.12. The van der Waals surface area contributed by atoms with Gasteiger partial charge in [0.25, 0.3) is 0 Å². The molecule has 0 aromatic carbocycles. The van der Waals surface area contributed by atoms with E-state index in [0.29, 0.717) is 12.5 Å². The number of nitrogens with zero attached hydrogens (tertiary/aromatic N) is 1. The molecular formula is C12H21NO2. The number of hydrogen-bond acceptors (Lipinski definition) is 2.